The number of thioether (sulfide) groups is 1. The molecule has 2 aliphatic rings. The molecule has 0 aromatic carbocycles. The molecular weight excluding hydrogens is 256 g/mol. The van der Waals surface area contributed by atoms with Crippen molar-refractivity contribution in [3.8, 4) is 0 Å². The molecule has 2 fully saturated rings. The summed E-state index contributed by atoms with van der Waals surface area (Å²) in [4.78, 5) is 24.9. The minimum Gasteiger partial charge on any atom is -0.479 e. The number of nitrogens with zero attached hydrogens (tertiary/aromatic N) is 3. The molecule has 18 heavy (non-hydrogen) atoms. The smallest absolute Gasteiger partial charge is 0.331 e. The highest BCUT2D eigenvalue weighted by molar-refractivity contribution is 8.01. The number of hydrogen-bond donors (Lipinski definition) is 2. The Labute approximate surface area is 107 Å². The van der Waals surface area contributed by atoms with Crippen molar-refractivity contribution in [2.75, 3.05) is 0 Å². The lowest BCUT2D eigenvalue weighted by molar-refractivity contribution is -0.167. The monoisotopic (exact) mass is 268 g/mol. The molecule has 96 valence electrons. The van der Waals surface area contributed by atoms with E-state index in [1.807, 2.05) is 0 Å². The van der Waals surface area contributed by atoms with E-state index in [0.29, 0.717) is 12.1 Å². The van der Waals surface area contributed by atoms with Gasteiger partial charge in [0.15, 0.2) is 5.54 Å². The van der Waals surface area contributed by atoms with Crippen molar-refractivity contribution in [2.45, 2.75) is 35.9 Å². The molecule has 0 radical (unpaired) electrons. The number of H-pyrrole nitrogens is 1. The number of carboxylic acid groups (broad SMARTS) is 1. The second kappa shape index (κ2) is 3.25. The number of hydrogen-bond acceptors (Lipinski definition) is 5. The molecule has 2 N–H and O–H groups in total. The number of fused-ring (bicyclic) bond motifs is 1. The lowest BCUT2D eigenvalue weighted by atomic mass is 9.80. The summed E-state index contributed by atoms with van der Waals surface area (Å²) in [6.07, 6.45) is 1.98. The first-order valence-electron chi connectivity index (χ1n) is 5.51. The maximum absolute atomic E-state index is 11.7. The molecule has 0 spiro atoms. The number of carboxylic acids is 1. The van der Waals surface area contributed by atoms with Crippen molar-refractivity contribution >= 4 is 23.6 Å². The van der Waals surface area contributed by atoms with Crippen molar-refractivity contribution in [3.05, 3.63) is 11.9 Å². The molecule has 0 aliphatic carbocycles. The minimum absolute atomic E-state index is 0.0831. The first-order valence-corrected chi connectivity index (χ1v) is 6.39. The van der Waals surface area contributed by atoms with Crippen LogP contribution in [-0.4, -0.2) is 48.2 Å². The van der Waals surface area contributed by atoms with E-state index in [2.05, 4.69) is 15.4 Å². The Morgan fingerprint density at radius 2 is 2.39 bits per heavy atom. The minimum atomic E-state index is -1.30. The van der Waals surface area contributed by atoms with Crippen molar-refractivity contribution in [1.29, 1.82) is 0 Å². The van der Waals surface area contributed by atoms with Gasteiger partial charge in [-0.15, -0.1) is 16.9 Å². The number of aliphatic carboxylic acids is 1. The van der Waals surface area contributed by atoms with Gasteiger partial charge in [-0.05, 0) is 13.8 Å². The third kappa shape index (κ3) is 1.07. The Bertz CT molecular complexity index is 533. The highest BCUT2D eigenvalue weighted by Crippen LogP contribution is 2.61. The van der Waals surface area contributed by atoms with Crippen LogP contribution in [0.3, 0.4) is 0 Å². The van der Waals surface area contributed by atoms with Gasteiger partial charge < -0.3 is 10.0 Å². The number of β-lactam (4-membered cyclic amide) rings is 1. The number of rotatable bonds is 2. The molecule has 3 atom stereocenters. The number of carbonyl (C=O) groups is 2. The van der Waals surface area contributed by atoms with Gasteiger partial charge in [-0.2, -0.15) is 0 Å². The fraction of sp³-hybridized carbons (Fsp3) is 0.600. The van der Waals surface area contributed by atoms with Gasteiger partial charge in [0, 0.05) is 6.20 Å². The van der Waals surface area contributed by atoms with E-state index >= 15 is 0 Å². The Morgan fingerprint density at radius 3 is 2.89 bits per heavy atom. The van der Waals surface area contributed by atoms with Crippen LogP contribution < -0.4 is 0 Å². The van der Waals surface area contributed by atoms with E-state index in [0.717, 1.165) is 0 Å². The predicted octanol–water partition coefficient (Wildman–Crippen LogP) is 0.168. The standard InChI is InChI=1S/C10H12N4O3S/c1-9(8(16)17)10(2,5-4-11-13-12-5)18-7-3-6(15)14(7)9/h4,7H,3H2,1-2H3,(H,16,17)(H,11,12,13)/t7-,9?,10?/m1/s1. The number of aromatic nitrogens is 3. The molecular formula is C10H12N4O3S. The summed E-state index contributed by atoms with van der Waals surface area (Å²) in [6, 6.07) is 0. The SMILES string of the molecule is CC1(c2c[nH]nn2)S[C@@H]2CC(=O)N2C1(C)C(=O)O. The number of nitrogens with one attached hydrogen (secondary N) is 1. The molecule has 0 saturated carbocycles. The highest BCUT2D eigenvalue weighted by Gasteiger charge is 2.70. The summed E-state index contributed by atoms with van der Waals surface area (Å²) in [5.74, 6) is -1.14. The van der Waals surface area contributed by atoms with Gasteiger partial charge >= 0.3 is 5.97 Å². The Balaban J connectivity index is 2.15. The van der Waals surface area contributed by atoms with Gasteiger partial charge in [-0.3, -0.25) is 9.89 Å². The van der Waals surface area contributed by atoms with Crippen LogP contribution >= 0.6 is 11.8 Å². The summed E-state index contributed by atoms with van der Waals surface area (Å²) in [5.41, 5.74) is -0.742. The lowest BCUT2D eigenvalue weighted by Crippen LogP contribution is -2.65. The van der Waals surface area contributed by atoms with Crippen LogP contribution in [0.1, 0.15) is 26.0 Å². The average Bonchev–Trinajstić information content (AvgIpc) is 2.85. The second-order valence-electron chi connectivity index (χ2n) is 4.81. The fourth-order valence-electron chi connectivity index (χ4n) is 2.69. The molecule has 2 aliphatic heterocycles. The van der Waals surface area contributed by atoms with E-state index in [4.69, 9.17) is 0 Å². The molecule has 3 heterocycles. The highest BCUT2D eigenvalue weighted by atomic mass is 32.2. The van der Waals surface area contributed by atoms with Gasteiger partial charge in [0.25, 0.3) is 0 Å². The predicted molar refractivity (Wildman–Crippen MR) is 62.6 cm³/mol. The topological polar surface area (TPSA) is 99.2 Å². The van der Waals surface area contributed by atoms with Crippen molar-refractivity contribution < 1.29 is 14.7 Å². The van der Waals surface area contributed by atoms with E-state index in [9.17, 15) is 14.7 Å². The average molecular weight is 268 g/mol. The van der Waals surface area contributed by atoms with E-state index in [1.54, 1.807) is 20.0 Å². The summed E-state index contributed by atoms with van der Waals surface area (Å²) >= 11 is 1.46. The van der Waals surface area contributed by atoms with Crippen LogP contribution in [0, 0.1) is 0 Å². The molecule has 8 heteroatoms. The van der Waals surface area contributed by atoms with Crippen LogP contribution in [0.4, 0.5) is 0 Å². The second-order valence-corrected chi connectivity index (χ2v) is 6.41. The Kier molecular flexibility index (Phi) is 2.08. The van der Waals surface area contributed by atoms with Gasteiger partial charge in [-0.1, -0.05) is 5.21 Å². The quantitative estimate of drug-likeness (QED) is 0.742. The molecule has 1 aromatic heterocycles. The van der Waals surface area contributed by atoms with Crippen LogP contribution in [0.5, 0.6) is 0 Å². The number of aromatic amines is 1. The van der Waals surface area contributed by atoms with Crippen LogP contribution in [0.2, 0.25) is 0 Å². The normalized spacial score (nSPS) is 38.4. The zero-order chi connectivity index (χ0) is 13.1. The summed E-state index contributed by atoms with van der Waals surface area (Å²) in [7, 11) is 0. The van der Waals surface area contributed by atoms with Crippen LogP contribution in [0.15, 0.2) is 6.20 Å². The van der Waals surface area contributed by atoms with Gasteiger partial charge in [0.1, 0.15) is 5.69 Å². The van der Waals surface area contributed by atoms with E-state index in [-0.39, 0.29) is 11.3 Å². The molecule has 3 rings (SSSR count). The largest absolute Gasteiger partial charge is 0.479 e. The van der Waals surface area contributed by atoms with Crippen molar-refractivity contribution in [1.82, 2.24) is 20.3 Å². The third-order valence-electron chi connectivity index (χ3n) is 4.01. The van der Waals surface area contributed by atoms with Gasteiger partial charge in [0.05, 0.1) is 16.5 Å². The molecule has 0 bridgehead atoms. The molecule has 1 aromatic rings. The molecule has 2 unspecified atom stereocenters. The van der Waals surface area contributed by atoms with E-state index < -0.39 is 16.3 Å². The summed E-state index contributed by atoms with van der Waals surface area (Å²) < 4.78 is -0.803. The van der Waals surface area contributed by atoms with Crippen LogP contribution in [0.25, 0.3) is 0 Å². The Hall–Kier alpha value is -1.57. The van der Waals surface area contributed by atoms with Crippen molar-refractivity contribution in [2.24, 2.45) is 0 Å². The first-order chi connectivity index (χ1) is 8.41. The summed E-state index contributed by atoms with van der Waals surface area (Å²) in [6.45, 7) is 3.38. The molecule has 1 amide bonds. The molecule has 2 saturated heterocycles. The van der Waals surface area contributed by atoms with Crippen molar-refractivity contribution in [3.63, 3.8) is 0 Å². The zero-order valence-electron chi connectivity index (χ0n) is 9.88. The first kappa shape index (κ1) is 11.5. The Morgan fingerprint density at radius 1 is 1.67 bits per heavy atom. The summed E-state index contributed by atoms with van der Waals surface area (Å²) in [5, 5.41) is 19.7. The maximum atomic E-state index is 11.7. The maximum Gasteiger partial charge on any atom is 0.331 e. The van der Waals surface area contributed by atoms with Gasteiger partial charge in [-0.25, -0.2) is 4.79 Å². The fourth-order valence-corrected chi connectivity index (χ4v) is 4.53. The van der Waals surface area contributed by atoms with E-state index in [1.165, 1.54) is 16.7 Å². The third-order valence-corrected chi connectivity index (χ3v) is 5.74. The zero-order valence-corrected chi connectivity index (χ0v) is 10.7. The van der Waals surface area contributed by atoms with Gasteiger partial charge in [0.2, 0.25) is 5.91 Å². The number of amides is 1. The lowest BCUT2D eigenvalue weighted by Gasteiger charge is -2.44. The van der Waals surface area contributed by atoms with Crippen LogP contribution in [-0.2, 0) is 14.3 Å². The number of carbonyl (C=O) groups excluding carboxylic acids is 1. The molecule has 7 nitrogen and oxygen atoms in total.